The van der Waals surface area contributed by atoms with E-state index in [-0.39, 0.29) is 5.91 Å². The minimum atomic E-state index is 0.117. The average molecular weight is 282 g/mol. The van der Waals surface area contributed by atoms with Crippen molar-refractivity contribution in [2.24, 2.45) is 7.05 Å². The van der Waals surface area contributed by atoms with Crippen LogP contribution in [0.25, 0.3) is 0 Å². The van der Waals surface area contributed by atoms with Crippen molar-refractivity contribution >= 4 is 17.7 Å². The molecule has 19 heavy (non-hydrogen) atoms. The fraction of sp³-hybridized carbons (Fsp3) is 0.692. The summed E-state index contributed by atoms with van der Waals surface area (Å²) in [5.41, 5.74) is 2.18. The first-order valence-electron chi connectivity index (χ1n) is 6.78. The van der Waals surface area contributed by atoms with Crippen LogP contribution in [0.1, 0.15) is 24.6 Å². The van der Waals surface area contributed by atoms with E-state index in [9.17, 15) is 4.79 Å². The summed E-state index contributed by atoms with van der Waals surface area (Å²) in [6.45, 7) is 3.66. The predicted molar refractivity (Wildman–Crippen MR) is 78.2 cm³/mol. The first-order chi connectivity index (χ1) is 9.19. The molecule has 1 aromatic rings. The van der Waals surface area contributed by atoms with Crippen molar-refractivity contribution in [3.05, 3.63) is 17.5 Å². The Bertz CT molecular complexity index is 426. The minimum Gasteiger partial charge on any atom is -0.352 e. The number of aromatic nitrogens is 2. The number of hydrogen-bond acceptors (Lipinski definition) is 4. The van der Waals surface area contributed by atoms with Gasteiger partial charge in [0.25, 0.3) is 0 Å². The molecule has 0 aromatic carbocycles. The molecule has 1 fully saturated rings. The van der Waals surface area contributed by atoms with Gasteiger partial charge in [0.15, 0.2) is 0 Å². The lowest BCUT2D eigenvalue weighted by atomic mass is 10.2. The van der Waals surface area contributed by atoms with E-state index in [1.807, 2.05) is 25.0 Å². The Hall–Kier alpha value is -1.01. The van der Waals surface area contributed by atoms with Crippen LogP contribution < -0.4 is 10.6 Å². The Kier molecular flexibility index (Phi) is 5.27. The van der Waals surface area contributed by atoms with Gasteiger partial charge in [-0.2, -0.15) is 16.9 Å². The zero-order valence-corrected chi connectivity index (χ0v) is 12.4. The van der Waals surface area contributed by atoms with Crippen LogP contribution in [-0.4, -0.2) is 39.8 Å². The number of hydrogen-bond donors (Lipinski definition) is 2. The normalized spacial score (nSPS) is 19.4. The van der Waals surface area contributed by atoms with Crippen LogP contribution in [0.3, 0.4) is 0 Å². The van der Waals surface area contributed by atoms with Gasteiger partial charge < -0.3 is 10.6 Å². The van der Waals surface area contributed by atoms with Gasteiger partial charge in [0.2, 0.25) is 5.91 Å². The highest BCUT2D eigenvalue weighted by Crippen LogP contribution is 2.11. The molecule has 1 aliphatic heterocycles. The lowest BCUT2D eigenvalue weighted by molar-refractivity contribution is -0.121. The Morgan fingerprint density at radius 2 is 2.53 bits per heavy atom. The lowest BCUT2D eigenvalue weighted by Gasteiger charge is -2.22. The quantitative estimate of drug-likeness (QED) is 0.834. The van der Waals surface area contributed by atoms with Crippen molar-refractivity contribution in [2.45, 2.75) is 32.4 Å². The van der Waals surface area contributed by atoms with Crippen molar-refractivity contribution in [1.29, 1.82) is 0 Å². The smallest absolute Gasteiger partial charge is 0.221 e. The summed E-state index contributed by atoms with van der Waals surface area (Å²) < 4.78 is 1.81. The second-order valence-corrected chi connectivity index (χ2v) is 5.98. The Morgan fingerprint density at radius 1 is 1.68 bits per heavy atom. The predicted octanol–water partition coefficient (Wildman–Crippen LogP) is 0.694. The molecule has 2 rings (SSSR count). The van der Waals surface area contributed by atoms with Gasteiger partial charge >= 0.3 is 0 Å². The van der Waals surface area contributed by atoms with Crippen LogP contribution in [0.4, 0.5) is 0 Å². The van der Waals surface area contributed by atoms with E-state index in [0.717, 1.165) is 35.7 Å². The first kappa shape index (κ1) is 14.4. The molecule has 0 aliphatic carbocycles. The molecule has 5 nitrogen and oxygen atoms in total. The number of thioether (sulfide) groups is 1. The molecule has 0 bridgehead atoms. The minimum absolute atomic E-state index is 0.117. The number of nitrogens with zero attached hydrogens (tertiary/aromatic N) is 2. The fourth-order valence-electron chi connectivity index (χ4n) is 2.27. The number of rotatable bonds is 5. The van der Waals surface area contributed by atoms with Crippen molar-refractivity contribution in [3.63, 3.8) is 0 Å². The fourth-order valence-corrected chi connectivity index (χ4v) is 3.22. The SMILES string of the molecule is CCc1nn(C)cc1CNC(=O)CC1CSCCN1. The van der Waals surface area contributed by atoms with E-state index in [1.54, 1.807) is 4.68 Å². The van der Waals surface area contributed by atoms with E-state index in [4.69, 9.17) is 0 Å². The molecule has 0 spiro atoms. The van der Waals surface area contributed by atoms with Gasteiger partial charge in [0, 0.05) is 55.9 Å². The third-order valence-electron chi connectivity index (χ3n) is 3.23. The van der Waals surface area contributed by atoms with Gasteiger partial charge in [-0.15, -0.1) is 0 Å². The molecule has 1 atom stereocenters. The topological polar surface area (TPSA) is 59.0 Å². The molecule has 0 radical (unpaired) electrons. The van der Waals surface area contributed by atoms with Crippen molar-refractivity contribution in [3.8, 4) is 0 Å². The van der Waals surface area contributed by atoms with Crippen LogP contribution in [-0.2, 0) is 24.8 Å². The van der Waals surface area contributed by atoms with E-state index in [1.165, 1.54) is 0 Å². The number of aryl methyl sites for hydroxylation is 2. The zero-order chi connectivity index (χ0) is 13.7. The van der Waals surface area contributed by atoms with Gasteiger partial charge in [0.05, 0.1) is 5.69 Å². The molecule has 1 amide bonds. The summed E-state index contributed by atoms with van der Waals surface area (Å²) in [7, 11) is 1.91. The van der Waals surface area contributed by atoms with Crippen molar-refractivity contribution in [1.82, 2.24) is 20.4 Å². The number of carbonyl (C=O) groups is 1. The maximum atomic E-state index is 11.9. The van der Waals surface area contributed by atoms with Crippen LogP contribution in [0, 0.1) is 0 Å². The molecule has 1 saturated heterocycles. The molecular formula is C13H22N4OS. The molecule has 0 saturated carbocycles. The van der Waals surface area contributed by atoms with E-state index in [2.05, 4.69) is 22.7 Å². The van der Waals surface area contributed by atoms with Crippen molar-refractivity contribution in [2.75, 3.05) is 18.1 Å². The second-order valence-electron chi connectivity index (χ2n) is 4.84. The summed E-state index contributed by atoms with van der Waals surface area (Å²) in [6.07, 6.45) is 3.44. The lowest BCUT2D eigenvalue weighted by Crippen LogP contribution is -2.41. The first-order valence-corrected chi connectivity index (χ1v) is 7.93. The third kappa shape index (κ3) is 4.24. The Labute approximate surface area is 118 Å². The molecule has 1 aromatic heterocycles. The Morgan fingerprint density at radius 3 is 3.21 bits per heavy atom. The molecule has 1 unspecified atom stereocenters. The average Bonchev–Trinajstić information content (AvgIpc) is 2.78. The third-order valence-corrected chi connectivity index (χ3v) is 4.36. The van der Waals surface area contributed by atoms with E-state index in [0.29, 0.717) is 19.0 Å². The van der Waals surface area contributed by atoms with Gasteiger partial charge in [-0.3, -0.25) is 9.48 Å². The molecule has 6 heteroatoms. The Balaban J connectivity index is 1.79. The maximum absolute atomic E-state index is 11.9. The number of amides is 1. The molecule has 2 N–H and O–H groups in total. The van der Waals surface area contributed by atoms with E-state index < -0.39 is 0 Å². The molecular weight excluding hydrogens is 260 g/mol. The van der Waals surface area contributed by atoms with Crippen LogP contribution >= 0.6 is 11.8 Å². The van der Waals surface area contributed by atoms with E-state index >= 15 is 0 Å². The summed E-state index contributed by atoms with van der Waals surface area (Å²) in [5.74, 6) is 2.29. The van der Waals surface area contributed by atoms with Crippen LogP contribution in [0.2, 0.25) is 0 Å². The summed E-state index contributed by atoms with van der Waals surface area (Å²) in [5, 5.41) is 10.7. The summed E-state index contributed by atoms with van der Waals surface area (Å²) >= 11 is 1.91. The van der Waals surface area contributed by atoms with Gasteiger partial charge in [-0.25, -0.2) is 0 Å². The number of nitrogens with one attached hydrogen (secondary N) is 2. The monoisotopic (exact) mass is 282 g/mol. The number of carbonyl (C=O) groups excluding carboxylic acids is 1. The maximum Gasteiger partial charge on any atom is 0.221 e. The molecule has 1 aliphatic rings. The van der Waals surface area contributed by atoms with Crippen molar-refractivity contribution < 1.29 is 4.79 Å². The van der Waals surface area contributed by atoms with Gasteiger partial charge in [-0.1, -0.05) is 6.92 Å². The molecule has 106 valence electrons. The van der Waals surface area contributed by atoms with Crippen LogP contribution in [0.15, 0.2) is 6.20 Å². The van der Waals surface area contributed by atoms with Gasteiger partial charge in [0.1, 0.15) is 0 Å². The largest absolute Gasteiger partial charge is 0.352 e. The zero-order valence-electron chi connectivity index (χ0n) is 11.6. The summed E-state index contributed by atoms with van der Waals surface area (Å²) in [4.78, 5) is 11.9. The molecule has 2 heterocycles. The standard InChI is InChI=1S/C13H22N4OS/c1-3-12-10(8-17(2)16-12)7-15-13(18)6-11-9-19-5-4-14-11/h8,11,14H,3-7,9H2,1-2H3,(H,15,18). The van der Waals surface area contributed by atoms with Crippen LogP contribution in [0.5, 0.6) is 0 Å². The second kappa shape index (κ2) is 6.96. The summed E-state index contributed by atoms with van der Waals surface area (Å²) in [6, 6.07) is 0.318. The highest BCUT2D eigenvalue weighted by atomic mass is 32.2. The highest BCUT2D eigenvalue weighted by Gasteiger charge is 2.16. The highest BCUT2D eigenvalue weighted by molar-refractivity contribution is 7.99. The van der Waals surface area contributed by atoms with Gasteiger partial charge in [-0.05, 0) is 6.42 Å².